The van der Waals surface area contributed by atoms with E-state index in [9.17, 15) is 31.2 Å². The van der Waals surface area contributed by atoms with Crippen molar-refractivity contribution in [3.63, 3.8) is 0 Å². The molecule has 0 aliphatic carbocycles. The lowest BCUT2D eigenvalue weighted by Gasteiger charge is -2.24. The van der Waals surface area contributed by atoms with E-state index in [0.29, 0.717) is 5.69 Å². The molecule has 164 valence electrons. The lowest BCUT2D eigenvalue weighted by atomic mass is 10.2. The first-order valence-electron chi connectivity index (χ1n) is 8.79. The van der Waals surface area contributed by atoms with Crippen molar-refractivity contribution in [2.75, 3.05) is 16.4 Å². The van der Waals surface area contributed by atoms with Gasteiger partial charge in [0.1, 0.15) is 5.75 Å². The fourth-order valence-electron chi connectivity index (χ4n) is 3.23. The molecule has 2 fully saturated rings. The zero-order chi connectivity index (χ0) is 22.1. The van der Waals surface area contributed by atoms with Gasteiger partial charge in [0.05, 0.1) is 17.5 Å². The molecule has 0 saturated carbocycles. The summed E-state index contributed by atoms with van der Waals surface area (Å²) in [6.45, 7) is 0. The quantitative estimate of drug-likeness (QED) is 0.680. The summed E-state index contributed by atoms with van der Waals surface area (Å²) in [5.41, 5.74) is 0.374. The topological polar surface area (TPSA) is 113 Å². The van der Waals surface area contributed by atoms with Gasteiger partial charge in [0, 0.05) is 23.8 Å². The van der Waals surface area contributed by atoms with Crippen molar-refractivity contribution >= 4 is 44.3 Å². The Morgan fingerprint density at radius 1 is 1.20 bits per heavy atom. The van der Waals surface area contributed by atoms with Crippen LogP contribution in [0.25, 0.3) is 0 Å². The van der Waals surface area contributed by atoms with E-state index >= 15 is 0 Å². The Kier molecular flexibility index (Phi) is 6.32. The number of carbonyl (C=O) groups is 2. The zero-order valence-corrected chi connectivity index (χ0v) is 17.0. The molecule has 2 atom stereocenters. The van der Waals surface area contributed by atoms with Gasteiger partial charge in [-0.3, -0.25) is 9.59 Å². The number of hydrogen-bond acceptors (Lipinski definition) is 6. The maximum absolute atomic E-state index is 12.4. The molecule has 1 N–H and O–H groups in total. The second-order valence-corrected chi connectivity index (χ2v) is 10.1. The Labute approximate surface area is 174 Å². The van der Waals surface area contributed by atoms with Crippen molar-refractivity contribution in [2.24, 2.45) is 4.99 Å². The highest BCUT2D eigenvalue weighted by Gasteiger charge is 2.49. The molecule has 3 rings (SSSR count). The van der Waals surface area contributed by atoms with Gasteiger partial charge < -0.3 is 14.7 Å². The Morgan fingerprint density at radius 3 is 2.47 bits per heavy atom. The normalized spacial score (nSPS) is 24.1. The number of carbonyl (C=O) groups excluding carboxylic acids is 1. The Bertz CT molecular complexity index is 963. The number of aliphatic imine (C=N–C) groups is 1. The highest BCUT2D eigenvalue weighted by Crippen LogP contribution is 2.41. The Hall–Kier alpha value is -2.28. The standard InChI is InChI=1S/C17H17F3N2O6S2/c18-17(19,20)28-11-6-4-10(5-7-11)22-12-8-30(26,27)9-13(12)29-16(22)21-14(23)2-1-3-15(24)25/h4-7,12-13H,1-3,8-9H2,(H,24,25). The molecule has 13 heteroatoms. The Morgan fingerprint density at radius 2 is 1.87 bits per heavy atom. The number of sulfone groups is 1. The molecule has 0 bridgehead atoms. The largest absolute Gasteiger partial charge is 0.573 e. The molecule has 8 nitrogen and oxygen atoms in total. The number of hydrogen-bond donors (Lipinski definition) is 1. The molecule has 0 spiro atoms. The number of halogens is 3. The van der Waals surface area contributed by atoms with Crippen LogP contribution in [0.1, 0.15) is 19.3 Å². The van der Waals surface area contributed by atoms with Crippen molar-refractivity contribution < 1.29 is 41.0 Å². The first-order valence-corrected chi connectivity index (χ1v) is 11.5. The van der Waals surface area contributed by atoms with Crippen LogP contribution in [0.2, 0.25) is 0 Å². The van der Waals surface area contributed by atoms with Crippen LogP contribution in [-0.4, -0.2) is 59.7 Å². The number of carboxylic acids is 1. The van der Waals surface area contributed by atoms with Gasteiger partial charge in [0.25, 0.3) is 0 Å². The number of thioether (sulfide) groups is 1. The molecule has 2 aliphatic heterocycles. The smallest absolute Gasteiger partial charge is 0.481 e. The number of alkyl halides is 3. The third kappa shape index (κ3) is 5.65. The monoisotopic (exact) mass is 466 g/mol. The number of benzene rings is 1. The van der Waals surface area contributed by atoms with E-state index in [1.54, 1.807) is 0 Å². The van der Waals surface area contributed by atoms with Crippen LogP contribution in [0.15, 0.2) is 29.3 Å². The minimum absolute atomic E-state index is 0.0871. The number of amides is 1. The van der Waals surface area contributed by atoms with Gasteiger partial charge in [0.2, 0.25) is 5.91 Å². The highest BCUT2D eigenvalue weighted by molar-refractivity contribution is 8.16. The van der Waals surface area contributed by atoms with E-state index in [1.165, 1.54) is 17.0 Å². The van der Waals surface area contributed by atoms with Crippen LogP contribution in [0.4, 0.5) is 18.9 Å². The van der Waals surface area contributed by atoms with Crippen LogP contribution in [0, 0.1) is 0 Å². The number of nitrogens with zero attached hydrogens (tertiary/aromatic N) is 2. The Balaban J connectivity index is 1.83. The molecule has 0 radical (unpaired) electrons. The summed E-state index contributed by atoms with van der Waals surface area (Å²) in [7, 11) is -3.30. The summed E-state index contributed by atoms with van der Waals surface area (Å²) < 4.78 is 65.0. The van der Waals surface area contributed by atoms with Crippen molar-refractivity contribution in [3.8, 4) is 5.75 Å². The molecule has 1 aromatic rings. The molecule has 2 saturated heterocycles. The van der Waals surface area contributed by atoms with Crippen LogP contribution in [-0.2, 0) is 19.4 Å². The average molecular weight is 466 g/mol. The average Bonchev–Trinajstić information content (AvgIpc) is 3.05. The number of aliphatic carboxylic acids is 1. The molecular formula is C17H17F3N2O6S2. The second kappa shape index (κ2) is 8.46. The third-order valence-corrected chi connectivity index (χ3v) is 7.63. The summed E-state index contributed by atoms with van der Waals surface area (Å²) in [4.78, 5) is 28.2. The van der Waals surface area contributed by atoms with Gasteiger partial charge in [-0.2, -0.15) is 4.99 Å². The second-order valence-electron chi connectivity index (χ2n) is 6.75. The molecule has 2 unspecified atom stereocenters. The molecular weight excluding hydrogens is 449 g/mol. The maximum atomic E-state index is 12.4. The van der Waals surface area contributed by atoms with Gasteiger partial charge in [-0.1, -0.05) is 11.8 Å². The number of amidine groups is 1. The zero-order valence-electron chi connectivity index (χ0n) is 15.3. The lowest BCUT2D eigenvalue weighted by Crippen LogP contribution is -2.37. The van der Waals surface area contributed by atoms with Gasteiger partial charge in [-0.15, -0.1) is 13.2 Å². The third-order valence-electron chi connectivity index (χ3n) is 4.42. The van der Waals surface area contributed by atoms with Crippen molar-refractivity contribution in [1.29, 1.82) is 0 Å². The molecule has 1 amide bonds. The fourth-order valence-corrected chi connectivity index (χ4v) is 7.16. The molecule has 30 heavy (non-hydrogen) atoms. The number of anilines is 1. The van der Waals surface area contributed by atoms with Crippen LogP contribution in [0.5, 0.6) is 5.75 Å². The van der Waals surface area contributed by atoms with Gasteiger partial charge in [-0.05, 0) is 30.7 Å². The van der Waals surface area contributed by atoms with Crippen molar-refractivity contribution in [2.45, 2.75) is 36.9 Å². The molecule has 2 aliphatic rings. The van der Waals surface area contributed by atoms with Crippen LogP contribution in [0.3, 0.4) is 0 Å². The van der Waals surface area contributed by atoms with E-state index in [-0.39, 0.29) is 41.2 Å². The SMILES string of the molecule is O=C(O)CCCC(=O)N=C1SC2CS(=O)(=O)CC2N1c1ccc(OC(F)(F)F)cc1. The first kappa shape index (κ1) is 22.4. The number of ether oxygens (including phenoxy) is 1. The summed E-state index contributed by atoms with van der Waals surface area (Å²) >= 11 is 1.12. The van der Waals surface area contributed by atoms with E-state index < -0.39 is 39.9 Å². The van der Waals surface area contributed by atoms with Crippen molar-refractivity contribution in [3.05, 3.63) is 24.3 Å². The van der Waals surface area contributed by atoms with E-state index in [1.807, 2.05) is 0 Å². The lowest BCUT2D eigenvalue weighted by molar-refractivity contribution is -0.274. The first-order chi connectivity index (χ1) is 13.9. The summed E-state index contributed by atoms with van der Waals surface area (Å²) in [6.07, 6.45) is -5.00. The van der Waals surface area contributed by atoms with E-state index in [0.717, 1.165) is 23.9 Å². The molecule has 1 aromatic carbocycles. The summed E-state index contributed by atoms with van der Waals surface area (Å²) in [6, 6.07) is 4.34. The summed E-state index contributed by atoms with van der Waals surface area (Å²) in [5, 5.41) is 8.53. The van der Waals surface area contributed by atoms with Gasteiger partial charge >= 0.3 is 12.3 Å². The van der Waals surface area contributed by atoms with E-state index in [4.69, 9.17) is 5.11 Å². The molecule has 0 aromatic heterocycles. The maximum Gasteiger partial charge on any atom is 0.573 e. The molecule has 2 heterocycles. The number of rotatable bonds is 6. The van der Waals surface area contributed by atoms with Gasteiger partial charge in [0.15, 0.2) is 15.0 Å². The van der Waals surface area contributed by atoms with Crippen molar-refractivity contribution in [1.82, 2.24) is 0 Å². The van der Waals surface area contributed by atoms with Gasteiger partial charge in [-0.25, -0.2) is 8.42 Å². The predicted octanol–water partition coefficient (Wildman–Crippen LogP) is 2.44. The van der Waals surface area contributed by atoms with Crippen LogP contribution >= 0.6 is 11.8 Å². The summed E-state index contributed by atoms with van der Waals surface area (Å²) in [5.74, 6) is -2.29. The predicted molar refractivity (Wildman–Crippen MR) is 103 cm³/mol. The minimum Gasteiger partial charge on any atom is -0.481 e. The highest BCUT2D eigenvalue weighted by atomic mass is 32.2. The number of fused-ring (bicyclic) bond motifs is 1. The van der Waals surface area contributed by atoms with E-state index in [2.05, 4.69) is 9.73 Å². The fraction of sp³-hybridized carbons (Fsp3) is 0.471. The minimum atomic E-state index is -4.84. The van der Waals surface area contributed by atoms with Crippen LogP contribution < -0.4 is 9.64 Å². The number of carboxylic acid groups (broad SMARTS) is 1.